The SMILES string of the molecule is CC1CN(C(=O)N[C@@H](CCC(N)=O)C(=O)O)CC1C. The number of rotatable bonds is 5. The van der Waals surface area contributed by atoms with Crippen LogP contribution in [0, 0.1) is 11.8 Å². The number of urea groups is 1. The molecule has 1 rings (SSSR count). The zero-order valence-corrected chi connectivity index (χ0v) is 11.3. The van der Waals surface area contributed by atoms with Crippen molar-refractivity contribution in [2.45, 2.75) is 32.7 Å². The predicted octanol–water partition coefficient (Wildman–Crippen LogP) is 0.00250. The molecule has 1 aliphatic heterocycles. The van der Waals surface area contributed by atoms with Gasteiger partial charge in [-0.05, 0) is 18.3 Å². The molecule has 1 aliphatic rings. The molecule has 7 nitrogen and oxygen atoms in total. The van der Waals surface area contributed by atoms with Crippen molar-refractivity contribution in [3.8, 4) is 0 Å². The van der Waals surface area contributed by atoms with Crippen LogP contribution in [0.5, 0.6) is 0 Å². The lowest BCUT2D eigenvalue weighted by atomic mass is 10.0. The van der Waals surface area contributed by atoms with Crippen molar-refractivity contribution < 1.29 is 19.5 Å². The van der Waals surface area contributed by atoms with Crippen molar-refractivity contribution in [1.29, 1.82) is 0 Å². The fourth-order valence-corrected chi connectivity index (χ4v) is 2.08. The molecule has 3 atom stereocenters. The maximum absolute atomic E-state index is 11.9. The summed E-state index contributed by atoms with van der Waals surface area (Å²) in [6.07, 6.45) is -0.0561. The van der Waals surface area contributed by atoms with Gasteiger partial charge in [-0.2, -0.15) is 0 Å². The van der Waals surface area contributed by atoms with E-state index >= 15 is 0 Å². The third kappa shape index (κ3) is 4.42. The summed E-state index contributed by atoms with van der Waals surface area (Å²) in [4.78, 5) is 35.2. The topological polar surface area (TPSA) is 113 Å². The standard InChI is InChI=1S/C12H21N3O4/c1-7-5-15(6-8(7)2)12(19)14-9(11(17)18)3-4-10(13)16/h7-9H,3-6H2,1-2H3,(H2,13,16)(H,14,19)(H,17,18)/t7?,8?,9-/m0/s1. The molecule has 108 valence electrons. The highest BCUT2D eigenvalue weighted by Gasteiger charge is 2.31. The molecule has 0 saturated carbocycles. The van der Waals surface area contributed by atoms with Crippen LogP contribution in [0.2, 0.25) is 0 Å². The molecule has 1 heterocycles. The molecule has 1 saturated heterocycles. The first-order chi connectivity index (χ1) is 8.81. The molecule has 7 heteroatoms. The van der Waals surface area contributed by atoms with E-state index in [9.17, 15) is 14.4 Å². The van der Waals surface area contributed by atoms with Gasteiger partial charge in [0.25, 0.3) is 0 Å². The summed E-state index contributed by atoms with van der Waals surface area (Å²) < 4.78 is 0. The smallest absolute Gasteiger partial charge is 0.326 e. The van der Waals surface area contributed by atoms with Gasteiger partial charge < -0.3 is 21.1 Å². The number of nitrogens with zero attached hydrogens (tertiary/aromatic N) is 1. The second-order valence-electron chi connectivity index (χ2n) is 5.20. The average Bonchev–Trinajstić information content (AvgIpc) is 2.64. The molecule has 0 aromatic carbocycles. The normalized spacial score (nSPS) is 24.0. The minimum atomic E-state index is -1.16. The highest BCUT2D eigenvalue weighted by Crippen LogP contribution is 2.21. The van der Waals surface area contributed by atoms with Crippen LogP contribution in [-0.4, -0.2) is 47.0 Å². The molecular formula is C12H21N3O4. The van der Waals surface area contributed by atoms with Crippen LogP contribution in [0.15, 0.2) is 0 Å². The Morgan fingerprint density at radius 1 is 1.32 bits per heavy atom. The number of carbonyl (C=O) groups excluding carboxylic acids is 2. The Bertz CT molecular complexity index is 362. The zero-order valence-electron chi connectivity index (χ0n) is 11.3. The van der Waals surface area contributed by atoms with Crippen LogP contribution >= 0.6 is 0 Å². The van der Waals surface area contributed by atoms with E-state index in [4.69, 9.17) is 10.8 Å². The van der Waals surface area contributed by atoms with Crippen LogP contribution < -0.4 is 11.1 Å². The van der Waals surface area contributed by atoms with E-state index in [1.807, 2.05) is 0 Å². The summed E-state index contributed by atoms with van der Waals surface area (Å²) in [7, 11) is 0. The lowest BCUT2D eigenvalue weighted by Gasteiger charge is -2.20. The van der Waals surface area contributed by atoms with E-state index in [0.717, 1.165) is 0 Å². The van der Waals surface area contributed by atoms with Crippen molar-refractivity contribution in [3.63, 3.8) is 0 Å². The average molecular weight is 271 g/mol. The molecule has 0 aliphatic carbocycles. The van der Waals surface area contributed by atoms with Gasteiger partial charge in [-0.15, -0.1) is 0 Å². The van der Waals surface area contributed by atoms with Gasteiger partial charge in [-0.3, -0.25) is 4.79 Å². The molecule has 0 aromatic rings. The maximum Gasteiger partial charge on any atom is 0.326 e. The van der Waals surface area contributed by atoms with Crippen molar-refractivity contribution in [2.75, 3.05) is 13.1 Å². The van der Waals surface area contributed by atoms with Gasteiger partial charge in [0, 0.05) is 19.5 Å². The number of nitrogens with two attached hydrogens (primary N) is 1. The highest BCUT2D eigenvalue weighted by molar-refractivity contribution is 5.83. The Labute approximate surface area is 112 Å². The number of nitrogens with one attached hydrogen (secondary N) is 1. The molecule has 0 bridgehead atoms. The van der Waals surface area contributed by atoms with Gasteiger partial charge in [0.15, 0.2) is 0 Å². The lowest BCUT2D eigenvalue weighted by molar-refractivity contribution is -0.139. The van der Waals surface area contributed by atoms with Crippen LogP contribution in [0.25, 0.3) is 0 Å². The molecular weight excluding hydrogens is 250 g/mol. The maximum atomic E-state index is 11.9. The predicted molar refractivity (Wildman–Crippen MR) is 68.3 cm³/mol. The summed E-state index contributed by atoms with van der Waals surface area (Å²) in [5.74, 6) is -0.932. The number of primary amides is 1. The summed E-state index contributed by atoms with van der Waals surface area (Å²) in [5, 5.41) is 11.4. The monoisotopic (exact) mass is 271 g/mol. The Morgan fingerprint density at radius 2 is 1.84 bits per heavy atom. The van der Waals surface area contributed by atoms with E-state index in [2.05, 4.69) is 19.2 Å². The fraction of sp³-hybridized carbons (Fsp3) is 0.750. The first kappa shape index (κ1) is 15.3. The second-order valence-corrected chi connectivity index (χ2v) is 5.20. The van der Waals surface area contributed by atoms with Crippen molar-refractivity contribution in [3.05, 3.63) is 0 Å². The number of hydrogen-bond acceptors (Lipinski definition) is 3. The molecule has 3 amide bonds. The summed E-state index contributed by atoms with van der Waals surface area (Å²) >= 11 is 0. The largest absolute Gasteiger partial charge is 0.480 e. The van der Waals surface area contributed by atoms with E-state index in [0.29, 0.717) is 24.9 Å². The minimum Gasteiger partial charge on any atom is -0.480 e. The number of amides is 3. The van der Waals surface area contributed by atoms with Crippen LogP contribution in [0.1, 0.15) is 26.7 Å². The Kier molecular flexibility index (Phi) is 5.14. The number of carboxylic acid groups (broad SMARTS) is 1. The minimum absolute atomic E-state index is 0.00928. The number of hydrogen-bond donors (Lipinski definition) is 3. The van der Waals surface area contributed by atoms with Gasteiger partial charge in [-0.25, -0.2) is 9.59 Å². The van der Waals surface area contributed by atoms with Gasteiger partial charge in [0.05, 0.1) is 0 Å². The van der Waals surface area contributed by atoms with E-state index in [1.165, 1.54) is 0 Å². The van der Waals surface area contributed by atoms with Crippen molar-refractivity contribution in [2.24, 2.45) is 17.6 Å². The summed E-state index contributed by atoms with van der Waals surface area (Å²) in [6.45, 7) is 5.35. The summed E-state index contributed by atoms with van der Waals surface area (Å²) in [5.41, 5.74) is 4.98. The number of carboxylic acids is 1. The summed E-state index contributed by atoms with van der Waals surface area (Å²) in [6, 6.07) is -1.47. The van der Waals surface area contributed by atoms with Crippen molar-refractivity contribution >= 4 is 17.9 Å². The van der Waals surface area contributed by atoms with Gasteiger partial charge in [0.1, 0.15) is 6.04 Å². The first-order valence-electron chi connectivity index (χ1n) is 6.37. The van der Waals surface area contributed by atoms with Crippen molar-refractivity contribution in [1.82, 2.24) is 10.2 Å². The first-order valence-corrected chi connectivity index (χ1v) is 6.37. The number of aliphatic carboxylic acids is 1. The quantitative estimate of drug-likeness (QED) is 0.653. The number of likely N-dealkylation sites (tertiary alicyclic amines) is 1. The van der Waals surface area contributed by atoms with Gasteiger partial charge in [-0.1, -0.05) is 13.8 Å². The van der Waals surface area contributed by atoms with Crippen LogP contribution in [-0.2, 0) is 9.59 Å². The fourth-order valence-electron chi connectivity index (χ4n) is 2.08. The van der Waals surface area contributed by atoms with E-state index < -0.39 is 23.9 Å². The zero-order chi connectivity index (χ0) is 14.6. The molecule has 0 radical (unpaired) electrons. The molecule has 4 N–H and O–H groups in total. The molecule has 19 heavy (non-hydrogen) atoms. The molecule has 0 aromatic heterocycles. The highest BCUT2D eigenvalue weighted by atomic mass is 16.4. The van der Waals surface area contributed by atoms with Crippen LogP contribution in [0.3, 0.4) is 0 Å². The van der Waals surface area contributed by atoms with E-state index in [1.54, 1.807) is 4.90 Å². The van der Waals surface area contributed by atoms with E-state index in [-0.39, 0.29) is 12.8 Å². The number of carbonyl (C=O) groups is 3. The van der Waals surface area contributed by atoms with Gasteiger partial charge >= 0.3 is 12.0 Å². The van der Waals surface area contributed by atoms with Gasteiger partial charge in [0.2, 0.25) is 5.91 Å². The molecule has 1 fully saturated rings. The third-order valence-corrected chi connectivity index (χ3v) is 3.55. The molecule has 2 unspecified atom stereocenters. The molecule has 0 spiro atoms. The Hall–Kier alpha value is -1.79. The second kappa shape index (κ2) is 6.40. The Morgan fingerprint density at radius 3 is 2.26 bits per heavy atom. The lowest BCUT2D eigenvalue weighted by Crippen LogP contribution is -2.47. The third-order valence-electron chi connectivity index (χ3n) is 3.55. The Balaban J connectivity index is 2.52. The van der Waals surface area contributed by atoms with Crippen LogP contribution in [0.4, 0.5) is 4.79 Å².